The molecule has 0 heterocycles. The molecular formula is C21H28OSi. The van der Waals surface area contributed by atoms with E-state index in [-0.39, 0.29) is 6.10 Å². The van der Waals surface area contributed by atoms with Crippen LogP contribution >= 0.6 is 0 Å². The molecule has 0 aliphatic heterocycles. The van der Waals surface area contributed by atoms with Crippen LogP contribution < -0.4 is 5.19 Å². The molecule has 0 aliphatic carbocycles. The third-order valence-corrected chi connectivity index (χ3v) is 9.08. The SMILES string of the molecule is C=C(c1ccccc1)c1ccc([Si](CC)(CC)OC(C)C)cc1. The molecule has 0 spiro atoms. The fourth-order valence-electron chi connectivity index (χ4n) is 3.13. The van der Waals surface area contributed by atoms with Crippen molar-refractivity contribution in [1.82, 2.24) is 0 Å². The fourth-order valence-corrected chi connectivity index (χ4v) is 6.59. The van der Waals surface area contributed by atoms with E-state index in [0.29, 0.717) is 0 Å². The van der Waals surface area contributed by atoms with Gasteiger partial charge in [0.25, 0.3) is 0 Å². The zero-order valence-electron chi connectivity index (χ0n) is 14.8. The Hall–Kier alpha value is -1.64. The lowest BCUT2D eigenvalue weighted by atomic mass is 10.00. The highest BCUT2D eigenvalue weighted by atomic mass is 28.4. The van der Waals surface area contributed by atoms with Gasteiger partial charge in [0.2, 0.25) is 8.32 Å². The molecule has 0 atom stereocenters. The number of benzene rings is 2. The Kier molecular flexibility index (Phi) is 5.97. The lowest BCUT2D eigenvalue weighted by Crippen LogP contribution is -2.51. The van der Waals surface area contributed by atoms with E-state index in [2.05, 4.69) is 82.8 Å². The van der Waals surface area contributed by atoms with E-state index in [0.717, 1.165) is 17.7 Å². The van der Waals surface area contributed by atoms with E-state index >= 15 is 0 Å². The minimum atomic E-state index is -1.85. The molecule has 122 valence electrons. The minimum absolute atomic E-state index is 0.278. The van der Waals surface area contributed by atoms with Gasteiger partial charge in [-0.05, 0) is 47.8 Å². The third kappa shape index (κ3) is 4.01. The van der Waals surface area contributed by atoms with Crippen molar-refractivity contribution < 1.29 is 4.43 Å². The van der Waals surface area contributed by atoms with E-state index in [1.807, 2.05) is 6.07 Å². The molecule has 0 amide bonds. The van der Waals surface area contributed by atoms with Gasteiger partial charge in [0.05, 0.1) is 0 Å². The average Bonchev–Trinajstić information content (AvgIpc) is 2.60. The number of hydrogen-bond donors (Lipinski definition) is 0. The Morgan fingerprint density at radius 1 is 0.913 bits per heavy atom. The van der Waals surface area contributed by atoms with E-state index in [1.165, 1.54) is 16.3 Å². The lowest BCUT2D eigenvalue weighted by molar-refractivity contribution is 0.232. The molecule has 2 aromatic rings. The van der Waals surface area contributed by atoms with Crippen molar-refractivity contribution in [1.29, 1.82) is 0 Å². The molecule has 0 saturated carbocycles. The highest BCUT2D eigenvalue weighted by molar-refractivity contribution is 6.86. The molecule has 0 radical (unpaired) electrons. The van der Waals surface area contributed by atoms with Crippen LogP contribution in [0.25, 0.3) is 5.57 Å². The third-order valence-electron chi connectivity index (χ3n) is 4.49. The van der Waals surface area contributed by atoms with Crippen molar-refractivity contribution in [3.8, 4) is 0 Å². The van der Waals surface area contributed by atoms with Crippen molar-refractivity contribution in [2.24, 2.45) is 0 Å². The van der Waals surface area contributed by atoms with Crippen molar-refractivity contribution >= 4 is 19.1 Å². The summed E-state index contributed by atoms with van der Waals surface area (Å²) in [5, 5.41) is 1.39. The molecule has 23 heavy (non-hydrogen) atoms. The molecule has 0 saturated heterocycles. The molecule has 0 aliphatic rings. The molecule has 0 fully saturated rings. The second kappa shape index (κ2) is 7.76. The summed E-state index contributed by atoms with van der Waals surface area (Å²) in [5.41, 5.74) is 3.43. The van der Waals surface area contributed by atoms with Crippen LogP contribution in [0.3, 0.4) is 0 Å². The Balaban J connectivity index is 2.29. The first-order valence-electron chi connectivity index (χ1n) is 8.55. The summed E-state index contributed by atoms with van der Waals surface area (Å²) >= 11 is 0. The highest BCUT2D eigenvalue weighted by Gasteiger charge is 2.34. The summed E-state index contributed by atoms with van der Waals surface area (Å²) in [7, 11) is -1.85. The first kappa shape index (κ1) is 17.7. The Morgan fingerprint density at radius 2 is 1.43 bits per heavy atom. The highest BCUT2D eigenvalue weighted by Crippen LogP contribution is 2.23. The molecule has 2 rings (SSSR count). The molecule has 0 unspecified atom stereocenters. The molecule has 1 nitrogen and oxygen atoms in total. The van der Waals surface area contributed by atoms with Crippen molar-refractivity contribution in [2.75, 3.05) is 0 Å². The van der Waals surface area contributed by atoms with Crippen LogP contribution in [-0.4, -0.2) is 14.4 Å². The van der Waals surface area contributed by atoms with Gasteiger partial charge >= 0.3 is 0 Å². The van der Waals surface area contributed by atoms with Crippen LogP contribution in [0.4, 0.5) is 0 Å². The zero-order valence-corrected chi connectivity index (χ0v) is 15.8. The molecule has 2 heteroatoms. The maximum atomic E-state index is 6.42. The normalized spacial score (nSPS) is 11.7. The van der Waals surface area contributed by atoms with Gasteiger partial charge < -0.3 is 4.43 Å². The quantitative estimate of drug-likeness (QED) is 0.623. The van der Waals surface area contributed by atoms with Gasteiger partial charge in [0, 0.05) is 6.10 Å². The fraction of sp³-hybridized carbons (Fsp3) is 0.333. The summed E-state index contributed by atoms with van der Waals surface area (Å²) in [6, 6.07) is 21.5. The maximum Gasteiger partial charge on any atom is 0.224 e. The van der Waals surface area contributed by atoms with Crippen LogP contribution in [0.15, 0.2) is 61.2 Å². The van der Waals surface area contributed by atoms with Crippen LogP contribution in [0.1, 0.15) is 38.8 Å². The van der Waals surface area contributed by atoms with Gasteiger partial charge in [0.1, 0.15) is 0 Å². The van der Waals surface area contributed by atoms with Gasteiger partial charge in [-0.2, -0.15) is 0 Å². The van der Waals surface area contributed by atoms with Gasteiger partial charge in [-0.15, -0.1) is 0 Å². The zero-order chi connectivity index (χ0) is 16.9. The van der Waals surface area contributed by atoms with Crippen molar-refractivity contribution in [2.45, 2.75) is 45.9 Å². The first-order chi connectivity index (χ1) is 11.0. The Labute approximate surface area is 142 Å². The molecule has 0 N–H and O–H groups in total. The van der Waals surface area contributed by atoms with Crippen LogP contribution in [0, 0.1) is 0 Å². The molecular weight excluding hydrogens is 296 g/mol. The summed E-state index contributed by atoms with van der Waals surface area (Å²) in [6.45, 7) is 13.0. The van der Waals surface area contributed by atoms with Crippen LogP contribution in [0.5, 0.6) is 0 Å². The van der Waals surface area contributed by atoms with E-state index in [9.17, 15) is 0 Å². The van der Waals surface area contributed by atoms with E-state index in [1.54, 1.807) is 0 Å². The van der Waals surface area contributed by atoms with Gasteiger partial charge in [0.15, 0.2) is 0 Å². The van der Waals surface area contributed by atoms with Gasteiger partial charge in [-0.1, -0.05) is 75.0 Å². The van der Waals surface area contributed by atoms with E-state index < -0.39 is 8.32 Å². The number of hydrogen-bond acceptors (Lipinski definition) is 1. The van der Waals surface area contributed by atoms with E-state index in [4.69, 9.17) is 4.43 Å². The largest absolute Gasteiger partial charge is 0.410 e. The molecule has 0 bridgehead atoms. The summed E-state index contributed by atoms with van der Waals surface area (Å²) in [4.78, 5) is 0. The molecule has 2 aromatic carbocycles. The minimum Gasteiger partial charge on any atom is -0.410 e. The van der Waals surface area contributed by atoms with Crippen molar-refractivity contribution in [3.05, 3.63) is 72.3 Å². The standard InChI is InChI=1S/C21H28OSi/c1-6-23(7-2,22-17(3)4)21-15-13-20(14-16-21)18(5)19-11-9-8-10-12-19/h8-17H,5-7H2,1-4H3. The monoisotopic (exact) mass is 324 g/mol. The topological polar surface area (TPSA) is 9.23 Å². The summed E-state index contributed by atoms with van der Waals surface area (Å²) < 4.78 is 6.42. The van der Waals surface area contributed by atoms with Crippen LogP contribution in [-0.2, 0) is 4.43 Å². The lowest BCUT2D eigenvalue weighted by Gasteiger charge is -2.32. The Bertz CT molecular complexity index is 625. The predicted molar refractivity (Wildman–Crippen MR) is 104 cm³/mol. The van der Waals surface area contributed by atoms with Crippen molar-refractivity contribution in [3.63, 3.8) is 0 Å². The average molecular weight is 325 g/mol. The Morgan fingerprint density at radius 3 is 1.91 bits per heavy atom. The van der Waals surface area contributed by atoms with Gasteiger partial charge in [-0.3, -0.25) is 0 Å². The first-order valence-corrected chi connectivity index (χ1v) is 10.9. The maximum absolute atomic E-state index is 6.42. The second-order valence-corrected chi connectivity index (χ2v) is 10.5. The smallest absolute Gasteiger partial charge is 0.224 e. The second-order valence-electron chi connectivity index (χ2n) is 6.29. The van der Waals surface area contributed by atoms with Crippen LogP contribution in [0.2, 0.25) is 12.1 Å². The molecule has 0 aromatic heterocycles. The summed E-state index contributed by atoms with van der Waals surface area (Å²) in [6.07, 6.45) is 0.278. The predicted octanol–water partition coefficient (Wildman–Crippen LogP) is 5.37. The number of rotatable bonds is 7. The van der Waals surface area contributed by atoms with Gasteiger partial charge in [-0.25, -0.2) is 0 Å². The summed E-state index contributed by atoms with van der Waals surface area (Å²) in [5.74, 6) is 0.